The van der Waals surface area contributed by atoms with Crippen molar-refractivity contribution in [3.05, 3.63) is 170 Å². The van der Waals surface area contributed by atoms with Crippen LogP contribution in [0.4, 0.5) is 0 Å². The Balaban J connectivity index is 1.14. The summed E-state index contributed by atoms with van der Waals surface area (Å²) in [5.74, 6) is 1.59. The van der Waals surface area contributed by atoms with E-state index >= 15 is 0 Å². The highest BCUT2D eigenvalue weighted by atomic mass is 16.3. The molecule has 50 heavy (non-hydrogen) atoms. The summed E-state index contributed by atoms with van der Waals surface area (Å²) in [6.45, 7) is 0. The van der Waals surface area contributed by atoms with Crippen LogP contribution in [0.15, 0.2) is 174 Å². The van der Waals surface area contributed by atoms with Crippen LogP contribution in [0.5, 0.6) is 0 Å². The molecule has 0 N–H and O–H groups in total. The van der Waals surface area contributed by atoms with Crippen molar-refractivity contribution in [3.63, 3.8) is 0 Å². The van der Waals surface area contributed by atoms with Gasteiger partial charge in [0.05, 0.1) is 22.0 Å². The summed E-state index contributed by atoms with van der Waals surface area (Å²) < 4.78 is 76.5. The summed E-state index contributed by atoms with van der Waals surface area (Å²) in [5.41, 5.74) is 6.16. The van der Waals surface area contributed by atoms with Gasteiger partial charge in [0.2, 0.25) is 0 Å². The minimum absolute atomic E-state index is 0.0372. The fourth-order valence-electron chi connectivity index (χ4n) is 6.60. The zero-order valence-corrected chi connectivity index (χ0v) is 26.2. The molecule has 0 saturated heterocycles. The third kappa shape index (κ3) is 4.60. The van der Waals surface area contributed by atoms with Gasteiger partial charge < -0.3 is 8.98 Å². The molecule has 0 bridgehead atoms. The smallest absolute Gasteiger partial charge is 0.164 e. The first-order valence-electron chi connectivity index (χ1n) is 20.0. The van der Waals surface area contributed by atoms with Crippen LogP contribution >= 0.6 is 0 Å². The molecule has 0 fully saturated rings. The van der Waals surface area contributed by atoms with E-state index in [1.807, 2.05) is 109 Å². The Labute approximate surface area is 299 Å². The second kappa shape index (κ2) is 11.4. The topological polar surface area (TPSA) is 56.7 Å². The molecule has 0 atom stereocenters. The minimum Gasteiger partial charge on any atom is -0.456 e. The van der Waals surface area contributed by atoms with E-state index in [1.165, 1.54) is 4.57 Å². The van der Waals surface area contributed by atoms with Gasteiger partial charge in [-0.25, -0.2) is 15.0 Å². The van der Waals surface area contributed by atoms with E-state index < -0.39 is 24.2 Å². The van der Waals surface area contributed by atoms with Crippen molar-refractivity contribution < 1.29 is 15.4 Å². The molecule has 10 aromatic rings. The fourth-order valence-corrected chi connectivity index (χ4v) is 6.60. The van der Waals surface area contributed by atoms with Crippen LogP contribution in [0.3, 0.4) is 0 Å². The summed E-state index contributed by atoms with van der Waals surface area (Å²) in [6, 6.07) is 35.3. The lowest BCUT2D eigenvalue weighted by Crippen LogP contribution is -2.00. The number of hydrogen-bond donors (Lipinski definition) is 0. The van der Waals surface area contributed by atoms with Crippen molar-refractivity contribution in [3.8, 4) is 51.0 Å². The van der Waals surface area contributed by atoms with Crippen molar-refractivity contribution in [2.45, 2.75) is 0 Å². The second-order valence-corrected chi connectivity index (χ2v) is 11.9. The van der Waals surface area contributed by atoms with E-state index in [0.717, 1.165) is 38.6 Å². The number of furan rings is 1. The molecule has 3 aromatic heterocycles. The zero-order valence-electron chi connectivity index (χ0n) is 34.2. The average molecular weight is 649 g/mol. The van der Waals surface area contributed by atoms with Gasteiger partial charge in [-0.15, -0.1) is 0 Å². The molecule has 0 saturated carbocycles. The van der Waals surface area contributed by atoms with Crippen LogP contribution in [0.1, 0.15) is 11.0 Å². The third-order valence-electron chi connectivity index (χ3n) is 8.93. The van der Waals surface area contributed by atoms with Crippen molar-refractivity contribution in [1.82, 2.24) is 19.5 Å². The van der Waals surface area contributed by atoms with Gasteiger partial charge in [0.15, 0.2) is 17.5 Å². The first-order valence-corrected chi connectivity index (χ1v) is 16.0. The Morgan fingerprint density at radius 2 is 1.04 bits per heavy atom. The van der Waals surface area contributed by atoms with Crippen molar-refractivity contribution >= 4 is 43.7 Å². The molecule has 0 aliphatic rings. The minimum atomic E-state index is -0.478. The Morgan fingerprint density at radius 1 is 0.460 bits per heavy atom. The molecule has 0 amide bonds. The molecule has 0 unspecified atom stereocenters. The van der Waals surface area contributed by atoms with Crippen LogP contribution in [-0.4, -0.2) is 19.5 Å². The first kappa shape index (κ1) is 21.2. The van der Waals surface area contributed by atoms with Crippen LogP contribution < -0.4 is 0 Å². The number of hydrogen-bond acceptors (Lipinski definition) is 4. The van der Waals surface area contributed by atoms with E-state index in [0.29, 0.717) is 34.3 Å². The fraction of sp³-hybridized carbons (Fsp3) is 0. The molecule has 5 heteroatoms. The standard InChI is InChI=1S/C45H28N4O/c1-3-12-30(13-4-1)43-46-44(31-14-5-2-6-15-31)48-45(47-43)36-18-11-21-41-42(36)37-28-32(24-27-40(37)50-41)29-22-25-33(26-23-29)49-38-19-9-7-16-34(38)35-17-8-10-20-39(35)49/h1-28H/i7D,8D,9D,10D,16D,17D,19D,20D. The molecule has 0 radical (unpaired) electrons. The number of para-hydroxylation sites is 2. The predicted molar refractivity (Wildman–Crippen MR) is 203 cm³/mol. The SMILES string of the molecule is [2H]c1c([2H])c([2H])c2c(c1[2H])c1c([2H])c([2H])c([2H])c([2H])c1n2-c1ccc(-c2ccc3oc4cccc(-c5nc(-c6ccccc6)nc(-c6ccccc6)n5)c4c3c2)cc1. The zero-order chi connectivity index (χ0) is 40.0. The summed E-state index contributed by atoms with van der Waals surface area (Å²) >= 11 is 0. The molecule has 5 nitrogen and oxygen atoms in total. The number of nitrogens with zero attached hydrogens (tertiary/aromatic N) is 4. The number of fused-ring (bicyclic) bond motifs is 6. The molecule has 0 aliphatic carbocycles. The first-order chi connectivity index (χ1) is 28.1. The van der Waals surface area contributed by atoms with Gasteiger partial charge in [-0.1, -0.05) is 127 Å². The van der Waals surface area contributed by atoms with Gasteiger partial charge in [-0.05, 0) is 53.5 Å². The van der Waals surface area contributed by atoms with Crippen LogP contribution in [0, 0.1) is 0 Å². The Hall–Kier alpha value is -6.85. The van der Waals surface area contributed by atoms with Gasteiger partial charge in [0.25, 0.3) is 0 Å². The highest BCUT2D eigenvalue weighted by Crippen LogP contribution is 2.39. The maximum absolute atomic E-state index is 8.84. The van der Waals surface area contributed by atoms with Crippen LogP contribution in [-0.2, 0) is 0 Å². The maximum atomic E-state index is 8.84. The largest absolute Gasteiger partial charge is 0.456 e. The van der Waals surface area contributed by atoms with Gasteiger partial charge in [-0.3, -0.25) is 0 Å². The van der Waals surface area contributed by atoms with Crippen molar-refractivity contribution in [2.75, 3.05) is 0 Å². The van der Waals surface area contributed by atoms with Gasteiger partial charge in [0.1, 0.15) is 11.2 Å². The quantitative estimate of drug-likeness (QED) is 0.186. The third-order valence-corrected chi connectivity index (χ3v) is 8.93. The number of benzene rings is 7. The van der Waals surface area contributed by atoms with Crippen LogP contribution in [0.2, 0.25) is 0 Å². The molecular weight excluding hydrogens is 613 g/mol. The van der Waals surface area contributed by atoms with Gasteiger partial charge in [0, 0.05) is 43.9 Å². The summed E-state index contributed by atoms with van der Waals surface area (Å²) in [5, 5.41) is 1.77. The summed E-state index contributed by atoms with van der Waals surface area (Å²) in [6.07, 6.45) is 0. The monoisotopic (exact) mass is 648 g/mol. The maximum Gasteiger partial charge on any atom is 0.164 e. The van der Waals surface area contributed by atoms with E-state index in [-0.39, 0.29) is 46.0 Å². The highest BCUT2D eigenvalue weighted by molar-refractivity contribution is 6.13. The molecule has 0 spiro atoms. The van der Waals surface area contributed by atoms with Gasteiger partial charge >= 0.3 is 0 Å². The lowest BCUT2D eigenvalue weighted by atomic mass is 10.00. The molecule has 0 aliphatic heterocycles. The lowest BCUT2D eigenvalue weighted by molar-refractivity contribution is 0.669. The normalized spacial score (nSPS) is 13.8. The van der Waals surface area contributed by atoms with E-state index in [4.69, 9.17) is 30.3 Å². The Bertz CT molecular complexity index is 3180. The van der Waals surface area contributed by atoms with Gasteiger partial charge in [-0.2, -0.15) is 0 Å². The molecular formula is C45H28N4O. The predicted octanol–water partition coefficient (Wildman–Crippen LogP) is 11.5. The Kier molecular flexibility index (Phi) is 4.83. The van der Waals surface area contributed by atoms with E-state index in [9.17, 15) is 0 Å². The summed E-state index contributed by atoms with van der Waals surface area (Å²) in [4.78, 5) is 14.8. The molecule has 7 aromatic carbocycles. The summed E-state index contributed by atoms with van der Waals surface area (Å²) in [7, 11) is 0. The molecule has 234 valence electrons. The average Bonchev–Trinajstić information content (AvgIpc) is 3.83. The van der Waals surface area contributed by atoms with E-state index in [1.54, 1.807) is 12.1 Å². The number of rotatable bonds is 5. The van der Waals surface area contributed by atoms with E-state index in [2.05, 4.69) is 0 Å². The molecule has 3 heterocycles. The molecule has 10 rings (SSSR count). The number of aromatic nitrogens is 4. The Morgan fingerprint density at radius 3 is 1.68 bits per heavy atom. The van der Waals surface area contributed by atoms with Crippen molar-refractivity contribution in [1.29, 1.82) is 0 Å². The lowest BCUT2D eigenvalue weighted by Gasteiger charge is -2.10. The van der Waals surface area contributed by atoms with Crippen molar-refractivity contribution in [2.24, 2.45) is 0 Å². The highest BCUT2D eigenvalue weighted by Gasteiger charge is 2.18. The van der Waals surface area contributed by atoms with Crippen LogP contribution in [0.25, 0.3) is 94.7 Å². The second-order valence-electron chi connectivity index (χ2n) is 11.9.